The van der Waals surface area contributed by atoms with Gasteiger partial charge in [0.2, 0.25) is 0 Å². The number of hydrogen-bond acceptors (Lipinski definition) is 3. The number of rotatable bonds is 5. The molecule has 110 valence electrons. The van der Waals surface area contributed by atoms with Crippen LogP contribution in [0.15, 0.2) is 36.5 Å². The predicted octanol–water partition coefficient (Wildman–Crippen LogP) is 4.46. The van der Waals surface area contributed by atoms with Crippen LogP contribution in [0.1, 0.15) is 23.7 Å². The van der Waals surface area contributed by atoms with Gasteiger partial charge in [0.15, 0.2) is 0 Å². The average Bonchev–Trinajstić information content (AvgIpc) is 2.48. The quantitative estimate of drug-likeness (QED) is 0.853. The minimum absolute atomic E-state index is 0.306. The zero-order chi connectivity index (χ0) is 15.2. The van der Waals surface area contributed by atoms with Crippen molar-refractivity contribution in [3.05, 3.63) is 52.1 Å². The first kappa shape index (κ1) is 15.6. The van der Waals surface area contributed by atoms with Gasteiger partial charge in [-0.2, -0.15) is 0 Å². The van der Waals surface area contributed by atoms with E-state index in [2.05, 4.69) is 15.6 Å². The van der Waals surface area contributed by atoms with Gasteiger partial charge in [0.05, 0.1) is 21.3 Å². The smallest absolute Gasteiger partial charge is 0.257 e. The fraction of sp³-hybridized carbons (Fsp3) is 0.200. The van der Waals surface area contributed by atoms with Crippen molar-refractivity contribution in [3.8, 4) is 0 Å². The van der Waals surface area contributed by atoms with E-state index in [4.69, 9.17) is 23.2 Å². The second kappa shape index (κ2) is 7.29. The monoisotopic (exact) mass is 323 g/mol. The number of amides is 1. The number of benzene rings is 1. The number of nitrogens with one attached hydrogen (secondary N) is 2. The molecule has 2 aromatic rings. The highest BCUT2D eigenvalue weighted by Gasteiger charge is 2.11. The van der Waals surface area contributed by atoms with Crippen molar-refractivity contribution in [1.82, 2.24) is 4.98 Å². The Bertz CT molecular complexity index is 647. The lowest BCUT2D eigenvalue weighted by atomic mass is 10.2. The number of aromatic nitrogens is 1. The molecule has 2 N–H and O–H groups in total. The van der Waals surface area contributed by atoms with Crippen LogP contribution in [0.2, 0.25) is 10.0 Å². The second-order valence-corrected chi connectivity index (χ2v) is 5.23. The molecule has 0 bridgehead atoms. The van der Waals surface area contributed by atoms with Crippen LogP contribution < -0.4 is 10.6 Å². The summed E-state index contributed by atoms with van der Waals surface area (Å²) in [6.45, 7) is 2.82. The topological polar surface area (TPSA) is 54.0 Å². The molecule has 0 saturated heterocycles. The highest BCUT2D eigenvalue weighted by molar-refractivity contribution is 6.34. The first-order valence-corrected chi connectivity index (χ1v) is 7.32. The Labute approximate surface area is 133 Å². The fourth-order valence-electron chi connectivity index (χ4n) is 1.69. The summed E-state index contributed by atoms with van der Waals surface area (Å²) in [5, 5.41) is 6.71. The molecule has 1 heterocycles. The molecular weight excluding hydrogens is 309 g/mol. The normalized spacial score (nSPS) is 10.2. The van der Waals surface area contributed by atoms with E-state index in [0.717, 1.165) is 13.0 Å². The molecule has 0 aliphatic carbocycles. The van der Waals surface area contributed by atoms with Gasteiger partial charge in [-0.1, -0.05) is 42.3 Å². The van der Waals surface area contributed by atoms with Crippen LogP contribution in [-0.4, -0.2) is 17.4 Å². The third-order valence-corrected chi connectivity index (χ3v) is 3.39. The third kappa shape index (κ3) is 4.09. The van der Waals surface area contributed by atoms with Crippen molar-refractivity contribution in [2.24, 2.45) is 0 Å². The van der Waals surface area contributed by atoms with Crippen molar-refractivity contribution in [2.75, 3.05) is 17.2 Å². The van der Waals surface area contributed by atoms with Crippen molar-refractivity contribution in [1.29, 1.82) is 0 Å². The average molecular weight is 324 g/mol. The third-order valence-electron chi connectivity index (χ3n) is 2.77. The van der Waals surface area contributed by atoms with E-state index in [0.29, 0.717) is 27.1 Å². The van der Waals surface area contributed by atoms with Gasteiger partial charge in [-0.15, -0.1) is 0 Å². The van der Waals surface area contributed by atoms with E-state index in [9.17, 15) is 4.79 Å². The Balaban J connectivity index is 2.13. The first-order valence-electron chi connectivity index (χ1n) is 6.57. The summed E-state index contributed by atoms with van der Waals surface area (Å²) in [4.78, 5) is 16.3. The molecule has 4 nitrogen and oxygen atoms in total. The summed E-state index contributed by atoms with van der Waals surface area (Å²) in [5.74, 6) is 0.271. The van der Waals surface area contributed by atoms with Gasteiger partial charge in [-0.25, -0.2) is 4.98 Å². The summed E-state index contributed by atoms with van der Waals surface area (Å²) >= 11 is 12.1. The van der Waals surface area contributed by atoms with E-state index in [-0.39, 0.29) is 5.91 Å². The number of nitrogens with zero attached hydrogens (tertiary/aromatic N) is 1. The Kier molecular flexibility index (Phi) is 5.42. The van der Waals surface area contributed by atoms with Gasteiger partial charge < -0.3 is 10.6 Å². The van der Waals surface area contributed by atoms with E-state index < -0.39 is 0 Å². The summed E-state index contributed by atoms with van der Waals surface area (Å²) in [5.41, 5.74) is 0.926. The molecule has 0 radical (unpaired) electrons. The molecule has 0 spiro atoms. The number of para-hydroxylation sites is 1. The van der Waals surface area contributed by atoms with Crippen molar-refractivity contribution in [3.63, 3.8) is 0 Å². The minimum atomic E-state index is -0.306. The van der Waals surface area contributed by atoms with E-state index in [1.807, 2.05) is 6.92 Å². The summed E-state index contributed by atoms with van der Waals surface area (Å²) in [6.07, 6.45) is 2.45. The number of hydrogen-bond donors (Lipinski definition) is 2. The lowest BCUT2D eigenvalue weighted by Gasteiger charge is -2.09. The number of halogens is 2. The molecule has 0 atom stereocenters. The maximum atomic E-state index is 12.2. The first-order chi connectivity index (χ1) is 10.1. The summed E-state index contributed by atoms with van der Waals surface area (Å²) < 4.78 is 0. The summed E-state index contributed by atoms with van der Waals surface area (Å²) in [6, 6.07) is 8.61. The lowest BCUT2D eigenvalue weighted by molar-refractivity contribution is 0.102. The van der Waals surface area contributed by atoms with E-state index >= 15 is 0 Å². The molecule has 0 unspecified atom stereocenters. The predicted molar refractivity (Wildman–Crippen MR) is 87.4 cm³/mol. The van der Waals surface area contributed by atoms with E-state index in [1.54, 1.807) is 30.3 Å². The molecule has 1 aromatic carbocycles. The summed E-state index contributed by atoms with van der Waals surface area (Å²) in [7, 11) is 0. The van der Waals surface area contributed by atoms with Crippen molar-refractivity contribution < 1.29 is 4.79 Å². The highest BCUT2D eigenvalue weighted by Crippen LogP contribution is 2.23. The Morgan fingerprint density at radius 2 is 2.00 bits per heavy atom. The molecule has 0 fully saturated rings. The van der Waals surface area contributed by atoms with Crippen molar-refractivity contribution in [2.45, 2.75) is 13.3 Å². The van der Waals surface area contributed by atoms with Gasteiger partial charge in [0, 0.05) is 12.7 Å². The Morgan fingerprint density at radius 1 is 1.24 bits per heavy atom. The van der Waals surface area contributed by atoms with Gasteiger partial charge >= 0.3 is 0 Å². The molecule has 1 aromatic heterocycles. The standard InChI is InChI=1S/C15H15Cl2N3O/c1-2-7-18-14-12(17)8-10(9-19-14)15(21)20-13-6-4-3-5-11(13)16/h3-6,8-9H,2,7H2,1H3,(H,18,19)(H,20,21). The number of anilines is 2. The Morgan fingerprint density at radius 3 is 2.67 bits per heavy atom. The molecule has 0 aliphatic rings. The molecular formula is C15H15Cl2N3O. The molecule has 1 amide bonds. The number of carbonyl (C=O) groups excluding carboxylic acids is 1. The molecule has 2 rings (SSSR count). The second-order valence-electron chi connectivity index (χ2n) is 4.42. The van der Waals surface area contributed by atoms with Gasteiger partial charge in [0.1, 0.15) is 5.82 Å². The zero-order valence-corrected chi connectivity index (χ0v) is 13.0. The molecule has 0 aliphatic heterocycles. The highest BCUT2D eigenvalue weighted by atomic mass is 35.5. The zero-order valence-electron chi connectivity index (χ0n) is 11.5. The molecule has 0 saturated carbocycles. The van der Waals surface area contributed by atoms with E-state index in [1.165, 1.54) is 6.20 Å². The van der Waals surface area contributed by atoms with Gasteiger partial charge in [-0.05, 0) is 24.6 Å². The molecule has 21 heavy (non-hydrogen) atoms. The van der Waals surface area contributed by atoms with Crippen LogP contribution in [-0.2, 0) is 0 Å². The van der Waals surface area contributed by atoms with Crippen LogP contribution in [0.25, 0.3) is 0 Å². The number of carbonyl (C=O) groups is 1. The van der Waals surface area contributed by atoms with Crippen LogP contribution in [0.3, 0.4) is 0 Å². The molecule has 6 heteroatoms. The van der Waals surface area contributed by atoms with Crippen LogP contribution in [0, 0.1) is 0 Å². The van der Waals surface area contributed by atoms with Crippen molar-refractivity contribution >= 4 is 40.6 Å². The Hall–Kier alpha value is -1.78. The van der Waals surface area contributed by atoms with Crippen LogP contribution in [0.4, 0.5) is 11.5 Å². The fourth-order valence-corrected chi connectivity index (χ4v) is 2.11. The van der Waals surface area contributed by atoms with Crippen LogP contribution >= 0.6 is 23.2 Å². The minimum Gasteiger partial charge on any atom is -0.369 e. The maximum absolute atomic E-state index is 12.2. The largest absolute Gasteiger partial charge is 0.369 e. The number of pyridine rings is 1. The SMILES string of the molecule is CCCNc1ncc(C(=O)Nc2ccccc2Cl)cc1Cl. The van der Waals surface area contributed by atoms with Crippen LogP contribution in [0.5, 0.6) is 0 Å². The lowest BCUT2D eigenvalue weighted by Crippen LogP contribution is -2.13. The van der Waals surface area contributed by atoms with Gasteiger partial charge in [0.25, 0.3) is 5.91 Å². The van der Waals surface area contributed by atoms with Gasteiger partial charge in [-0.3, -0.25) is 4.79 Å². The maximum Gasteiger partial charge on any atom is 0.257 e.